The number of carbonyl (C=O) groups is 1. The van der Waals surface area contributed by atoms with Gasteiger partial charge in [0.2, 0.25) is 0 Å². The zero-order valence-corrected chi connectivity index (χ0v) is 13.8. The molecule has 4 aliphatic carbocycles. The van der Waals surface area contributed by atoms with Crippen LogP contribution in [0.1, 0.15) is 51.9 Å². The Bertz CT molecular complexity index is 554. The highest BCUT2D eigenvalue weighted by Gasteiger charge is 2.55. The molecular weight excluding hydrogens is 288 g/mol. The minimum atomic E-state index is -0.0693. The van der Waals surface area contributed by atoms with E-state index in [1.807, 2.05) is 0 Å². The van der Waals surface area contributed by atoms with E-state index in [-0.39, 0.29) is 23.1 Å². The molecule has 1 atom stereocenters. The summed E-state index contributed by atoms with van der Waals surface area (Å²) in [6.45, 7) is 2.13. The Kier molecular flexibility index (Phi) is 3.62. The standard InChI is InChI=1S/C20H26O3/c1-2-18(19(22)23-17-5-3-16(21)4-6-17)20-10-13-7-14(11-20)9-15(8-13)12-20/h3-6,13-15,18,21H,2,7-12H2,1H3. The van der Waals surface area contributed by atoms with Crippen LogP contribution in [-0.4, -0.2) is 11.1 Å². The van der Waals surface area contributed by atoms with E-state index in [4.69, 9.17) is 4.74 Å². The summed E-state index contributed by atoms with van der Waals surface area (Å²) in [6, 6.07) is 6.46. The number of esters is 1. The van der Waals surface area contributed by atoms with Crippen molar-refractivity contribution in [2.45, 2.75) is 51.9 Å². The van der Waals surface area contributed by atoms with E-state index in [1.54, 1.807) is 24.3 Å². The lowest BCUT2D eigenvalue weighted by atomic mass is 9.46. The van der Waals surface area contributed by atoms with Gasteiger partial charge in [-0.15, -0.1) is 0 Å². The van der Waals surface area contributed by atoms with Gasteiger partial charge in [0.05, 0.1) is 5.92 Å². The van der Waals surface area contributed by atoms with Crippen molar-refractivity contribution < 1.29 is 14.6 Å². The van der Waals surface area contributed by atoms with Crippen LogP contribution in [0.5, 0.6) is 11.5 Å². The maximum absolute atomic E-state index is 12.9. The van der Waals surface area contributed by atoms with Gasteiger partial charge < -0.3 is 9.84 Å². The Morgan fingerprint density at radius 1 is 1.13 bits per heavy atom. The van der Waals surface area contributed by atoms with Crippen LogP contribution >= 0.6 is 0 Å². The van der Waals surface area contributed by atoms with Crippen LogP contribution in [-0.2, 0) is 4.79 Å². The lowest BCUT2D eigenvalue weighted by Crippen LogP contribution is -2.51. The predicted molar refractivity (Wildman–Crippen MR) is 88.1 cm³/mol. The maximum atomic E-state index is 12.9. The number of phenols is 1. The van der Waals surface area contributed by atoms with Crippen LogP contribution in [0.2, 0.25) is 0 Å². The summed E-state index contributed by atoms with van der Waals surface area (Å²) in [5, 5.41) is 9.36. The molecule has 4 saturated carbocycles. The van der Waals surface area contributed by atoms with Gasteiger partial charge in [0.25, 0.3) is 0 Å². The van der Waals surface area contributed by atoms with E-state index in [2.05, 4.69) is 6.92 Å². The Morgan fingerprint density at radius 2 is 1.65 bits per heavy atom. The number of phenolic OH excluding ortho intramolecular Hbond substituents is 1. The second kappa shape index (κ2) is 5.54. The van der Waals surface area contributed by atoms with E-state index in [0.29, 0.717) is 5.75 Å². The van der Waals surface area contributed by atoms with Crippen molar-refractivity contribution in [3.8, 4) is 11.5 Å². The molecule has 0 saturated heterocycles. The minimum absolute atomic E-state index is 0.0182. The molecule has 4 fully saturated rings. The van der Waals surface area contributed by atoms with E-state index in [9.17, 15) is 9.90 Å². The second-order valence-corrected chi connectivity index (χ2v) is 8.16. The Morgan fingerprint density at radius 3 is 2.13 bits per heavy atom. The van der Waals surface area contributed by atoms with Gasteiger partial charge in [0, 0.05) is 0 Å². The topological polar surface area (TPSA) is 46.5 Å². The van der Waals surface area contributed by atoms with Gasteiger partial charge in [0.15, 0.2) is 0 Å². The van der Waals surface area contributed by atoms with Crippen molar-refractivity contribution in [3.05, 3.63) is 24.3 Å². The van der Waals surface area contributed by atoms with Gasteiger partial charge in [-0.25, -0.2) is 0 Å². The minimum Gasteiger partial charge on any atom is -0.508 e. The third kappa shape index (κ3) is 2.64. The molecule has 5 rings (SSSR count). The number of rotatable bonds is 4. The van der Waals surface area contributed by atoms with E-state index in [1.165, 1.54) is 38.5 Å². The fourth-order valence-electron chi connectivity index (χ4n) is 6.16. The van der Waals surface area contributed by atoms with E-state index in [0.717, 1.165) is 24.2 Å². The number of benzene rings is 1. The first-order valence-corrected chi connectivity index (χ1v) is 9.08. The number of hydrogen-bond acceptors (Lipinski definition) is 3. The Balaban J connectivity index is 1.53. The van der Waals surface area contributed by atoms with Gasteiger partial charge in [-0.1, -0.05) is 6.92 Å². The van der Waals surface area contributed by atoms with Crippen molar-refractivity contribution >= 4 is 5.97 Å². The molecule has 0 aliphatic heterocycles. The number of ether oxygens (including phenoxy) is 1. The average Bonchev–Trinajstić information content (AvgIpc) is 2.48. The average molecular weight is 314 g/mol. The largest absolute Gasteiger partial charge is 0.508 e. The molecule has 0 amide bonds. The first kappa shape index (κ1) is 15.0. The fourth-order valence-corrected chi connectivity index (χ4v) is 6.16. The van der Waals surface area contributed by atoms with Gasteiger partial charge in [-0.05, 0) is 92.4 Å². The highest BCUT2D eigenvalue weighted by atomic mass is 16.5. The summed E-state index contributed by atoms with van der Waals surface area (Å²) in [5.74, 6) is 3.21. The highest BCUT2D eigenvalue weighted by molar-refractivity contribution is 5.76. The molecule has 4 aliphatic rings. The highest BCUT2D eigenvalue weighted by Crippen LogP contribution is 2.63. The monoisotopic (exact) mass is 314 g/mol. The van der Waals surface area contributed by atoms with Gasteiger partial charge in [0.1, 0.15) is 11.5 Å². The van der Waals surface area contributed by atoms with E-state index < -0.39 is 0 Å². The van der Waals surface area contributed by atoms with Crippen molar-refractivity contribution in [2.75, 3.05) is 0 Å². The summed E-state index contributed by atoms with van der Waals surface area (Å²) in [6.07, 6.45) is 8.71. The zero-order valence-electron chi connectivity index (χ0n) is 13.8. The molecule has 124 valence electrons. The van der Waals surface area contributed by atoms with Gasteiger partial charge in [-0.3, -0.25) is 4.79 Å². The van der Waals surface area contributed by atoms with Crippen LogP contribution < -0.4 is 4.74 Å². The number of carbonyl (C=O) groups excluding carboxylic acids is 1. The molecule has 1 aromatic rings. The number of aromatic hydroxyl groups is 1. The molecule has 0 spiro atoms. The molecule has 23 heavy (non-hydrogen) atoms. The molecule has 3 nitrogen and oxygen atoms in total. The normalized spacial score (nSPS) is 36.0. The molecule has 0 aromatic heterocycles. The summed E-state index contributed by atoms with van der Waals surface area (Å²) in [4.78, 5) is 12.9. The molecule has 0 radical (unpaired) electrons. The Hall–Kier alpha value is -1.51. The third-order valence-electron chi connectivity index (χ3n) is 6.57. The molecule has 1 N–H and O–H groups in total. The quantitative estimate of drug-likeness (QED) is 0.655. The van der Waals surface area contributed by atoms with Crippen LogP contribution in [0.4, 0.5) is 0 Å². The Labute approximate surface area is 138 Å². The van der Waals surface area contributed by atoms with Crippen LogP contribution in [0.15, 0.2) is 24.3 Å². The lowest BCUT2D eigenvalue weighted by molar-refractivity contribution is -0.155. The lowest BCUT2D eigenvalue weighted by Gasteiger charge is -2.58. The van der Waals surface area contributed by atoms with Crippen LogP contribution in [0, 0.1) is 29.1 Å². The second-order valence-electron chi connectivity index (χ2n) is 8.16. The van der Waals surface area contributed by atoms with E-state index >= 15 is 0 Å². The van der Waals surface area contributed by atoms with Crippen LogP contribution in [0.3, 0.4) is 0 Å². The van der Waals surface area contributed by atoms with Gasteiger partial charge in [-0.2, -0.15) is 0 Å². The first-order valence-electron chi connectivity index (χ1n) is 9.08. The smallest absolute Gasteiger partial charge is 0.314 e. The van der Waals surface area contributed by atoms with Gasteiger partial charge >= 0.3 is 5.97 Å². The molecular formula is C20H26O3. The summed E-state index contributed by atoms with van der Waals surface area (Å²) in [5.41, 5.74) is 0.192. The molecule has 3 heteroatoms. The van der Waals surface area contributed by atoms with Crippen molar-refractivity contribution in [1.29, 1.82) is 0 Å². The summed E-state index contributed by atoms with van der Waals surface area (Å²) >= 11 is 0. The molecule has 4 bridgehead atoms. The van der Waals surface area contributed by atoms with Crippen molar-refractivity contribution in [2.24, 2.45) is 29.1 Å². The van der Waals surface area contributed by atoms with Crippen molar-refractivity contribution in [3.63, 3.8) is 0 Å². The third-order valence-corrected chi connectivity index (χ3v) is 6.57. The van der Waals surface area contributed by atoms with Crippen LogP contribution in [0.25, 0.3) is 0 Å². The maximum Gasteiger partial charge on any atom is 0.314 e. The predicted octanol–water partition coefficient (Wildman–Crippen LogP) is 4.54. The SMILES string of the molecule is CCC(C(=O)Oc1ccc(O)cc1)C12CC3CC(CC(C3)C1)C2. The zero-order chi connectivity index (χ0) is 16.0. The molecule has 1 unspecified atom stereocenters. The molecule has 1 aromatic carbocycles. The number of hydrogen-bond donors (Lipinski definition) is 1. The fraction of sp³-hybridized carbons (Fsp3) is 0.650. The summed E-state index contributed by atoms with van der Waals surface area (Å²) in [7, 11) is 0. The first-order chi connectivity index (χ1) is 11.1. The van der Waals surface area contributed by atoms with Crippen molar-refractivity contribution in [1.82, 2.24) is 0 Å². The molecule has 0 heterocycles. The summed E-state index contributed by atoms with van der Waals surface area (Å²) < 4.78 is 5.66.